The van der Waals surface area contributed by atoms with Gasteiger partial charge in [0.1, 0.15) is 10.9 Å². The van der Waals surface area contributed by atoms with Crippen LogP contribution in [0.25, 0.3) is 22.3 Å². The molecule has 3 aromatic carbocycles. The predicted octanol–water partition coefficient (Wildman–Crippen LogP) is 3.17. The molecule has 5 heteroatoms. The number of fused-ring (bicyclic) bond motifs is 1. The zero-order valence-electron chi connectivity index (χ0n) is 14.8. The van der Waals surface area contributed by atoms with Crippen molar-refractivity contribution in [3.8, 4) is 11.4 Å². The SMILES string of the molecule is Cc1ccc(C(=O)Nn2c(-c3ccccc3)[nH+]c3ccccc3c2=O)cc1. The minimum Gasteiger partial charge on any atom is -0.266 e. The smallest absolute Gasteiger partial charge is 0.266 e. The Morgan fingerprint density at radius 2 is 1.56 bits per heavy atom. The first-order valence-electron chi connectivity index (χ1n) is 8.64. The fourth-order valence-corrected chi connectivity index (χ4v) is 2.96. The van der Waals surface area contributed by atoms with E-state index in [1.54, 1.807) is 24.3 Å². The first-order chi connectivity index (χ1) is 13.1. The van der Waals surface area contributed by atoms with E-state index < -0.39 is 0 Å². The molecule has 5 nitrogen and oxygen atoms in total. The minimum absolute atomic E-state index is 0.288. The van der Waals surface area contributed by atoms with Crippen molar-refractivity contribution in [2.75, 3.05) is 5.43 Å². The van der Waals surface area contributed by atoms with Crippen molar-refractivity contribution in [1.82, 2.24) is 4.68 Å². The van der Waals surface area contributed by atoms with Gasteiger partial charge in [0.05, 0.1) is 5.56 Å². The number of aromatic amines is 1. The summed E-state index contributed by atoms with van der Waals surface area (Å²) in [6, 6.07) is 23.9. The van der Waals surface area contributed by atoms with Crippen molar-refractivity contribution in [1.29, 1.82) is 0 Å². The van der Waals surface area contributed by atoms with Crippen LogP contribution in [0.3, 0.4) is 0 Å². The van der Waals surface area contributed by atoms with Gasteiger partial charge in [-0.2, -0.15) is 5.43 Å². The molecule has 0 saturated heterocycles. The number of carbonyl (C=O) groups is 1. The number of hydrogen-bond donors (Lipinski definition) is 1. The van der Waals surface area contributed by atoms with E-state index in [0.717, 1.165) is 11.1 Å². The van der Waals surface area contributed by atoms with E-state index in [1.165, 1.54) is 4.68 Å². The van der Waals surface area contributed by atoms with Crippen LogP contribution in [-0.4, -0.2) is 10.6 Å². The van der Waals surface area contributed by atoms with Gasteiger partial charge in [0.2, 0.25) is 0 Å². The molecule has 27 heavy (non-hydrogen) atoms. The lowest BCUT2D eigenvalue weighted by Crippen LogP contribution is -2.38. The van der Waals surface area contributed by atoms with Gasteiger partial charge in [-0.1, -0.05) is 52.7 Å². The highest BCUT2D eigenvalue weighted by atomic mass is 16.2. The molecule has 0 atom stereocenters. The van der Waals surface area contributed by atoms with Crippen LogP contribution in [0.4, 0.5) is 0 Å². The van der Waals surface area contributed by atoms with Crippen LogP contribution in [0, 0.1) is 6.92 Å². The van der Waals surface area contributed by atoms with Gasteiger partial charge in [-0.25, -0.2) is 9.78 Å². The number of rotatable bonds is 3. The van der Waals surface area contributed by atoms with Crippen LogP contribution in [0.1, 0.15) is 15.9 Å². The van der Waals surface area contributed by atoms with Gasteiger partial charge in [-0.05, 0) is 43.3 Å². The average molecular weight is 356 g/mol. The Kier molecular flexibility index (Phi) is 4.26. The Morgan fingerprint density at radius 3 is 2.30 bits per heavy atom. The second-order valence-corrected chi connectivity index (χ2v) is 6.33. The highest BCUT2D eigenvalue weighted by Gasteiger charge is 2.22. The summed E-state index contributed by atoms with van der Waals surface area (Å²) in [5.41, 5.74) is 5.51. The van der Waals surface area contributed by atoms with Gasteiger partial charge in [-0.15, -0.1) is 0 Å². The van der Waals surface area contributed by atoms with E-state index in [0.29, 0.717) is 22.3 Å². The number of nitrogens with one attached hydrogen (secondary N) is 2. The topological polar surface area (TPSA) is 65.2 Å². The number of carbonyl (C=O) groups excluding carboxylic acids is 1. The Morgan fingerprint density at radius 1 is 0.889 bits per heavy atom. The highest BCUT2D eigenvalue weighted by Crippen LogP contribution is 2.14. The van der Waals surface area contributed by atoms with Gasteiger partial charge in [0, 0.05) is 5.56 Å². The number of aryl methyl sites for hydroxylation is 1. The van der Waals surface area contributed by atoms with E-state index in [-0.39, 0.29) is 11.5 Å². The van der Waals surface area contributed by atoms with Crippen molar-refractivity contribution in [3.63, 3.8) is 0 Å². The van der Waals surface area contributed by atoms with Gasteiger partial charge in [-0.3, -0.25) is 4.79 Å². The monoisotopic (exact) mass is 356 g/mol. The molecule has 1 heterocycles. The van der Waals surface area contributed by atoms with Crippen molar-refractivity contribution in [2.45, 2.75) is 6.92 Å². The Hall–Kier alpha value is -3.73. The number of aromatic nitrogens is 2. The van der Waals surface area contributed by atoms with Crippen LogP contribution < -0.4 is 16.0 Å². The van der Waals surface area contributed by atoms with Gasteiger partial charge >= 0.3 is 11.4 Å². The molecule has 0 unspecified atom stereocenters. The summed E-state index contributed by atoms with van der Waals surface area (Å²) < 4.78 is 1.28. The van der Waals surface area contributed by atoms with Crippen LogP contribution in [0.2, 0.25) is 0 Å². The van der Waals surface area contributed by atoms with E-state index >= 15 is 0 Å². The molecule has 4 rings (SSSR count). The molecule has 132 valence electrons. The molecule has 0 aliphatic rings. The third kappa shape index (κ3) is 3.22. The lowest BCUT2D eigenvalue weighted by molar-refractivity contribution is -0.337. The fraction of sp³-hybridized carbons (Fsp3) is 0.0455. The summed E-state index contributed by atoms with van der Waals surface area (Å²) in [5.74, 6) is 0.165. The Bertz CT molecular complexity index is 1180. The lowest BCUT2D eigenvalue weighted by Gasteiger charge is -2.08. The number of amides is 1. The number of benzene rings is 3. The molecule has 1 aromatic heterocycles. The second kappa shape index (κ2) is 6.88. The summed E-state index contributed by atoms with van der Waals surface area (Å²) in [7, 11) is 0. The standard InChI is InChI=1S/C22H17N3O2/c1-15-11-13-17(14-12-15)21(26)24-25-20(16-7-3-2-4-8-16)23-19-10-6-5-9-18(19)22(25)27/h2-14H,1H3,(H,24,26)/p+1. The van der Waals surface area contributed by atoms with Crippen molar-refractivity contribution in [2.24, 2.45) is 0 Å². The number of nitrogens with zero attached hydrogens (tertiary/aromatic N) is 1. The summed E-state index contributed by atoms with van der Waals surface area (Å²) in [6.45, 7) is 1.96. The maximum Gasteiger partial charge on any atom is 0.369 e. The zero-order valence-corrected chi connectivity index (χ0v) is 14.8. The van der Waals surface area contributed by atoms with E-state index in [9.17, 15) is 9.59 Å². The van der Waals surface area contributed by atoms with Crippen molar-refractivity contribution >= 4 is 16.8 Å². The molecule has 0 fully saturated rings. The van der Waals surface area contributed by atoms with Crippen LogP contribution >= 0.6 is 0 Å². The quantitative estimate of drug-likeness (QED) is 0.613. The predicted molar refractivity (Wildman–Crippen MR) is 105 cm³/mol. The van der Waals surface area contributed by atoms with Crippen molar-refractivity contribution in [3.05, 3.63) is 100 Å². The summed E-state index contributed by atoms with van der Waals surface area (Å²) >= 11 is 0. The third-order valence-electron chi connectivity index (χ3n) is 4.41. The molecule has 1 amide bonds. The average Bonchev–Trinajstić information content (AvgIpc) is 2.71. The number of hydrogen-bond acceptors (Lipinski definition) is 2. The first kappa shape index (κ1) is 16.7. The minimum atomic E-state index is -0.349. The molecule has 0 saturated carbocycles. The van der Waals surface area contributed by atoms with Crippen molar-refractivity contribution < 1.29 is 9.78 Å². The maximum atomic E-state index is 13.1. The Balaban J connectivity index is 1.87. The summed E-state index contributed by atoms with van der Waals surface area (Å²) in [6.07, 6.45) is 0. The Labute approximate surface area is 155 Å². The van der Waals surface area contributed by atoms with Crippen LogP contribution in [-0.2, 0) is 0 Å². The van der Waals surface area contributed by atoms with Crippen LogP contribution in [0.15, 0.2) is 83.7 Å². The van der Waals surface area contributed by atoms with Crippen LogP contribution in [0.5, 0.6) is 0 Å². The molecule has 0 bridgehead atoms. The maximum absolute atomic E-state index is 13.1. The fourth-order valence-electron chi connectivity index (χ4n) is 2.96. The third-order valence-corrected chi connectivity index (χ3v) is 4.41. The molecule has 2 N–H and O–H groups in total. The zero-order chi connectivity index (χ0) is 18.8. The molecular formula is C22H18N3O2+. The largest absolute Gasteiger partial charge is 0.369 e. The molecule has 4 aromatic rings. The molecule has 0 spiro atoms. The second-order valence-electron chi connectivity index (χ2n) is 6.33. The normalized spacial score (nSPS) is 10.7. The van der Waals surface area contributed by atoms with Gasteiger partial charge in [0.25, 0.3) is 5.91 Å². The van der Waals surface area contributed by atoms with E-state index in [4.69, 9.17) is 0 Å². The van der Waals surface area contributed by atoms with E-state index in [1.807, 2.05) is 61.5 Å². The molecule has 0 aliphatic heterocycles. The summed E-state index contributed by atoms with van der Waals surface area (Å²) in [5, 5.41) is 0.501. The summed E-state index contributed by atoms with van der Waals surface area (Å²) in [4.78, 5) is 29.1. The van der Waals surface area contributed by atoms with E-state index in [2.05, 4.69) is 10.4 Å². The lowest BCUT2D eigenvalue weighted by atomic mass is 10.1. The first-order valence-corrected chi connectivity index (χ1v) is 8.64. The highest BCUT2D eigenvalue weighted by molar-refractivity contribution is 6.00. The molecular weight excluding hydrogens is 338 g/mol. The van der Waals surface area contributed by atoms with Gasteiger partial charge in [0.15, 0.2) is 0 Å². The number of H-pyrrole nitrogens is 1. The molecule has 0 radical (unpaired) electrons. The van der Waals surface area contributed by atoms with Gasteiger partial charge < -0.3 is 0 Å². The molecule has 0 aliphatic carbocycles. The number of para-hydroxylation sites is 1.